The molecule has 2 amide bonds. The molecule has 2 aliphatic heterocycles. The fourth-order valence-corrected chi connectivity index (χ4v) is 3.23. The maximum atomic E-state index is 12.8. The Kier molecular flexibility index (Phi) is 3.53. The Balaban J connectivity index is 1.80. The zero-order chi connectivity index (χ0) is 16.0. The summed E-state index contributed by atoms with van der Waals surface area (Å²) in [6, 6.07) is 14.8. The molecule has 1 unspecified atom stereocenters. The van der Waals surface area contributed by atoms with Crippen LogP contribution >= 0.6 is 23.2 Å². The van der Waals surface area contributed by atoms with E-state index in [1.165, 1.54) is 0 Å². The summed E-state index contributed by atoms with van der Waals surface area (Å²) in [4.78, 5) is 14.6. The zero-order valence-electron chi connectivity index (χ0n) is 12.1. The summed E-state index contributed by atoms with van der Waals surface area (Å²) in [6.07, 6.45) is 3.57. The minimum atomic E-state index is -0.212. The SMILES string of the molecule is O=C1N(c2ccc(Cl)cc2)C(c2ccc(Cl)cc2)N2CC=CN12. The molecule has 0 aromatic heterocycles. The van der Waals surface area contributed by atoms with Crippen LogP contribution in [0, 0.1) is 0 Å². The van der Waals surface area contributed by atoms with Gasteiger partial charge in [-0.25, -0.2) is 9.80 Å². The van der Waals surface area contributed by atoms with Crippen molar-refractivity contribution in [3.8, 4) is 0 Å². The highest BCUT2D eigenvalue weighted by Gasteiger charge is 2.46. The Hall–Kier alpha value is -2.01. The first kappa shape index (κ1) is 14.6. The van der Waals surface area contributed by atoms with Crippen LogP contribution in [-0.4, -0.2) is 22.6 Å². The highest BCUT2D eigenvalue weighted by atomic mass is 35.5. The van der Waals surface area contributed by atoms with Gasteiger partial charge >= 0.3 is 6.03 Å². The van der Waals surface area contributed by atoms with Gasteiger partial charge in [-0.3, -0.25) is 4.90 Å². The molecule has 0 bridgehead atoms. The highest BCUT2D eigenvalue weighted by Crippen LogP contribution is 2.40. The van der Waals surface area contributed by atoms with Gasteiger partial charge in [0.1, 0.15) is 6.17 Å². The van der Waals surface area contributed by atoms with Gasteiger partial charge in [-0.1, -0.05) is 41.4 Å². The number of nitrogens with zero attached hydrogens (tertiary/aromatic N) is 3. The highest BCUT2D eigenvalue weighted by molar-refractivity contribution is 6.30. The predicted octanol–water partition coefficient (Wildman–Crippen LogP) is 4.68. The van der Waals surface area contributed by atoms with Crippen LogP contribution in [0.2, 0.25) is 10.0 Å². The van der Waals surface area contributed by atoms with Gasteiger partial charge in [-0.05, 0) is 42.0 Å². The van der Waals surface area contributed by atoms with Crippen molar-refractivity contribution in [1.29, 1.82) is 0 Å². The lowest BCUT2D eigenvalue weighted by Gasteiger charge is -2.27. The number of carbonyl (C=O) groups is 1. The number of carbonyl (C=O) groups excluding carboxylic acids is 1. The summed E-state index contributed by atoms with van der Waals surface area (Å²) in [7, 11) is 0. The number of hydrogen-bond acceptors (Lipinski definition) is 2. The molecule has 2 aromatic rings. The number of hydrazine groups is 1. The molecule has 1 fully saturated rings. The van der Waals surface area contributed by atoms with E-state index < -0.39 is 0 Å². The van der Waals surface area contributed by atoms with Crippen LogP contribution in [0.1, 0.15) is 11.7 Å². The molecule has 0 N–H and O–H groups in total. The largest absolute Gasteiger partial charge is 0.344 e. The van der Waals surface area contributed by atoms with Crippen LogP contribution in [0.4, 0.5) is 10.5 Å². The molecule has 1 saturated heterocycles. The zero-order valence-corrected chi connectivity index (χ0v) is 13.6. The van der Waals surface area contributed by atoms with Crippen LogP contribution < -0.4 is 4.90 Å². The van der Waals surface area contributed by atoms with Crippen LogP contribution in [-0.2, 0) is 0 Å². The van der Waals surface area contributed by atoms with Crippen molar-refractivity contribution < 1.29 is 4.79 Å². The molecule has 23 heavy (non-hydrogen) atoms. The number of halogens is 2. The fraction of sp³-hybridized carbons (Fsp3) is 0.118. The molecular weight excluding hydrogens is 333 g/mol. The Morgan fingerprint density at radius 3 is 2.17 bits per heavy atom. The van der Waals surface area contributed by atoms with Crippen molar-refractivity contribution in [2.75, 3.05) is 11.4 Å². The molecule has 1 atom stereocenters. The minimum Gasteiger partial charge on any atom is -0.271 e. The van der Waals surface area contributed by atoms with Gasteiger partial charge in [0.2, 0.25) is 0 Å². The molecule has 0 spiro atoms. The standard InChI is InChI=1S/C17H13Cl2N3O/c18-13-4-2-12(3-5-13)16-20-10-1-11-21(20)17(23)22(16)15-8-6-14(19)7-9-15/h1-9,11,16H,10H2. The summed E-state index contributed by atoms with van der Waals surface area (Å²) in [6.45, 7) is 0.684. The van der Waals surface area contributed by atoms with E-state index in [4.69, 9.17) is 23.2 Å². The van der Waals surface area contributed by atoms with Gasteiger partial charge in [-0.2, -0.15) is 5.01 Å². The van der Waals surface area contributed by atoms with Crippen molar-refractivity contribution in [3.05, 3.63) is 76.4 Å². The van der Waals surface area contributed by atoms with Gasteiger partial charge in [0.05, 0.1) is 0 Å². The summed E-state index contributed by atoms with van der Waals surface area (Å²) in [5.74, 6) is 0. The molecule has 2 aromatic carbocycles. The molecular formula is C17H13Cl2N3O. The van der Waals surface area contributed by atoms with Crippen molar-refractivity contribution in [3.63, 3.8) is 0 Å². The second kappa shape index (κ2) is 5.57. The first-order valence-electron chi connectivity index (χ1n) is 7.22. The number of amides is 2. The monoisotopic (exact) mass is 345 g/mol. The van der Waals surface area contributed by atoms with E-state index in [1.807, 2.05) is 47.5 Å². The second-order valence-corrected chi connectivity index (χ2v) is 6.28. The van der Waals surface area contributed by atoms with Crippen LogP contribution in [0.25, 0.3) is 0 Å². The van der Waals surface area contributed by atoms with Crippen LogP contribution in [0.5, 0.6) is 0 Å². The molecule has 116 valence electrons. The Bertz CT molecular complexity index is 773. The maximum Gasteiger partial charge on any atom is 0.344 e. The summed E-state index contributed by atoms with van der Waals surface area (Å²) in [5, 5.41) is 4.98. The Morgan fingerprint density at radius 1 is 0.913 bits per heavy atom. The van der Waals surface area contributed by atoms with E-state index in [0.29, 0.717) is 16.6 Å². The Morgan fingerprint density at radius 2 is 1.52 bits per heavy atom. The molecule has 4 rings (SSSR count). The van der Waals surface area contributed by atoms with Crippen LogP contribution in [0.15, 0.2) is 60.8 Å². The number of urea groups is 1. The number of fused-ring (bicyclic) bond motifs is 1. The summed E-state index contributed by atoms with van der Waals surface area (Å²) >= 11 is 12.0. The number of hydrogen-bond donors (Lipinski definition) is 0. The molecule has 6 heteroatoms. The average molecular weight is 346 g/mol. The van der Waals surface area contributed by atoms with Gasteiger partial charge < -0.3 is 0 Å². The smallest absolute Gasteiger partial charge is 0.271 e. The third-order valence-corrected chi connectivity index (χ3v) is 4.52. The van der Waals surface area contributed by atoms with Gasteiger partial charge in [0.25, 0.3) is 0 Å². The number of benzene rings is 2. The van der Waals surface area contributed by atoms with E-state index in [1.54, 1.807) is 28.2 Å². The first-order chi connectivity index (χ1) is 11.1. The van der Waals surface area contributed by atoms with Crippen molar-refractivity contribution in [2.24, 2.45) is 0 Å². The van der Waals surface area contributed by atoms with Crippen molar-refractivity contribution >= 4 is 34.9 Å². The predicted molar refractivity (Wildman–Crippen MR) is 91.2 cm³/mol. The third kappa shape index (κ3) is 2.39. The number of anilines is 1. The van der Waals surface area contributed by atoms with Crippen molar-refractivity contribution in [2.45, 2.75) is 6.17 Å². The van der Waals surface area contributed by atoms with Gasteiger partial charge in [0, 0.05) is 28.5 Å². The molecule has 0 radical (unpaired) electrons. The van der Waals surface area contributed by atoms with E-state index in [9.17, 15) is 4.79 Å². The summed E-state index contributed by atoms with van der Waals surface area (Å²) < 4.78 is 0. The van der Waals surface area contributed by atoms with Crippen molar-refractivity contribution in [1.82, 2.24) is 10.0 Å². The summed E-state index contributed by atoms with van der Waals surface area (Å²) in [5.41, 5.74) is 1.81. The minimum absolute atomic E-state index is 0.0824. The lowest BCUT2D eigenvalue weighted by atomic mass is 10.1. The third-order valence-electron chi connectivity index (χ3n) is 4.02. The second-order valence-electron chi connectivity index (χ2n) is 5.41. The Labute approximate surface area is 144 Å². The maximum absolute atomic E-state index is 12.8. The topological polar surface area (TPSA) is 26.8 Å². The fourth-order valence-electron chi connectivity index (χ4n) is 2.98. The van der Waals surface area contributed by atoms with E-state index >= 15 is 0 Å². The normalized spacial score (nSPS) is 20.4. The van der Waals surface area contributed by atoms with E-state index in [-0.39, 0.29) is 12.2 Å². The first-order valence-corrected chi connectivity index (χ1v) is 7.97. The molecule has 4 nitrogen and oxygen atoms in total. The van der Waals surface area contributed by atoms with Crippen LogP contribution in [0.3, 0.4) is 0 Å². The van der Waals surface area contributed by atoms with E-state index in [2.05, 4.69) is 0 Å². The molecule has 0 saturated carbocycles. The number of rotatable bonds is 2. The molecule has 2 heterocycles. The lowest BCUT2D eigenvalue weighted by molar-refractivity contribution is 0.0913. The van der Waals surface area contributed by atoms with Gasteiger partial charge in [-0.15, -0.1) is 0 Å². The van der Waals surface area contributed by atoms with E-state index in [0.717, 1.165) is 11.3 Å². The quantitative estimate of drug-likeness (QED) is 0.790. The lowest BCUT2D eigenvalue weighted by Crippen LogP contribution is -2.32. The molecule has 2 aliphatic rings. The van der Waals surface area contributed by atoms with Gasteiger partial charge in [0.15, 0.2) is 0 Å². The molecule has 0 aliphatic carbocycles. The average Bonchev–Trinajstić information content (AvgIpc) is 3.12.